The summed E-state index contributed by atoms with van der Waals surface area (Å²) in [4.78, 5) is 12.9. The number of nitrogens with one attached hydrogen (secondary N) is 1. The molecule has 154 valence electrons. The molecule has 3 aromatic rings. The lowest BCUT2D eigenvalue weighted by molar-refractivity contribution is -0.114. The number of carbonyl (C=O) groups is 1. The number of amides is 1. The lowest BCUT2D eigenvalue weighted by Crippen LogP contribution is -2.40. The number of ether oxygens (including phenoxy) is 2. The molecule has 1 amide bonds. The molecule has 0 atom stereocenters. The Kier molecular flexibility index (Phi) is 5.09. The van der Waals surface area contributed by atoms with Gasteiger partial charge in [0, 0.05) is 22.9 Å². The normalized spacial score (nSPS) is 13.7. The van der Waals surface area contributed by atoms with Gasteiger partial charge in [0.2, 0.25) is 5.91 Å². The first-order valence-corrected chi connectivity index (χ1v) is 10.6. The van der Waals surface area contributed by atoms with E-state index < -0.39 is 15.9 Å². The van der Waals surface area contributed by atoms with Crippen molar-refractivity contribution < 1.29 is 22.7 Å². The van der Waals surface area contributed by atoms with Gasteiger partial charge in [0.15, 0.2) is 11.5 Å². The topological polar surface area (TPSA) is 84.9 Å². The minimum Gasteiger partial charge on any atom is -0.493 e. The number of sulfonamides is 1. The molecule has 1 aliphatic heterocycles. The van der Waals surface area contributed by atoms with Gasteiger partial charge in [-0.2, -0.15) is 0 Å². The minimum absolute atomic E-state index is 0.183. The van der Waals surface area contributed by atoms with Crippen LogP contribution in [-0.4, -0.2) is 35.1 Å². The first kappa shape index (κ1) is 19.8. The van der Waals surface area contributed by atoms with Crippen LogP contribution < -0.4 is 19.1 Å². The molecule has 0 fully saturated rings. The number of hydrogen-bond acceptors (Lipinski definition) is 5. The smallest absolute Gasteiger partial charge is 0.265 e. The summed E-state index contributed by atoms with van der Waals surface area (Å²) >= 11 is 0. The summed E-state index contributed by atoms with van der Waals surface area (Å²) in [6, 6.07) is 18.9. The summed E-state index contributed by atoms with van der Waals surface area (Å²) in [5.41, 5.74) is 2.34. The van der Waals surface area contributed by atoms with Gasteiger partial charge in [-0.05, 0) is 24.3 Å². The van der Waals surface area contributed by atoms with Gasteiger partial charge in [0.05, 0.1) is 24.8 Å². The summed E-state index contributed by atoms with van der Waals surface area (Å²) in [7, 11) is -0.861. The zero-order valence-electron chi connectivity index (χ0n) is 16.5. The van der Waals surface area contributed by atoms with Crippen LogP contribution in [0.2, 0.25) is 0 Å². The van der Waals surface area contributed by atoms with E-state index in [-0.39, 0.29) is 11.4 Å². The van der Waals surface area contributed by atoms with Gasteiger partial charge in [0.1, 0.15) is 6.54 Å². The predicted molar refractivity (Wildman–Crippen MR) is 115 cm³/mol. The van der Waals surface area contributed by atoms with Crippen molar-refractivity contribution in [3.8, 4) is 22.6 Å². The van der Waals surface area contributed by atoms with Gasteiger partial charge < -0.3 is 14.8 Å². The highest BCUT2D eigenvalue weighted by Crippen LogP contribution is 2.42. The van der Waals surface area contributed by atoms with Crippen LogP contribution in [0.3, 0.4) is 0 Å². The molecule has 0 aliphatic carbocycles. The Balaban J connectivity index is 1.65. The molecular weight excluding hydrogens is 404 g/mol. The molecule has 0 radical (unpaired) electrons. The fourth-order valence-electron chi connectivity index (χ4n) is 3.50. The van der Waals surface area contributed by atoms with E-state index >= 15 is 0 Å². The zero-order valence-corrected chi connectivity index (χ0v) is 17.3. The quantitative estimate of drug-likeness (QED) is 0.677. The highest BCUT2D eigenvalue weighted by molar-refractivity contribution is 7.93. The molecule has 30 heavy (non-hydrogen) atoms. The Bertz CT molecular complexity index is 1220. The third kappa shape index (κ3) is 3.35. The SMILES string of the molecule is COc1ccc(NC(=O)CN2c3ccccc3-c3ccccc3S2(=O)=O)cc1OC. The maximum absolute atomic E-state index is 13.2. The maximum Gasteiger partial charge on any atom is 0.265 e. The predicted octanol–water partition coefficient (Wildman–Crippen LogP) is 3.52. The summed E-state index contributed by atoms with van der Waals surface area (Å²) in [5.74, 6) is 0.514. The first-order valence-electron chi connectivity index (χ1n) is 9.19. The third-order valence-electron chi connectivity index (χ3n) is 4.87. The monoisotopic (exact) mass is 424 g/mol. The van der Waals surface area contributed by atoms with Gasteiger partial charge >= 0.3 is 0 Å². The largest absolute Gasteiger partial charge is 0.493 e. The van der Waals surface area contributed by atoms with E-state index in [0.717, 1.165) is 9.87 Å². The van der Waals surface area contributed by atoms with Crippen LogP contribution >= 0.6 is 0 Å². The second kappa shape index (κ2) is 7.72. The molecule has 3 aromatic carbocycles. The molecule has 1 N–H and O–H groups in total. The lowest BCUT2D eigenvalue weighted by atomic mass is 10.0. The highest BCUT2D eigenvalue weighted by Gasteiger charge is 2.35. The van der Waals surface area contributed by atoms with Crippen molar-refractivity contribution in [3.63, 3.8) is 0 Å². The van der Waals surface area contributed by atoms with Crippen LogP contribution in [-0.2, 0) is 14.8 Å². The second-order valence-corrected chi connectivity index (χ2v) is 8.47. The first-order chi connectivity index (χ1) is 14.5. The van der Waals surface area contributed by atoms with Crippen LogP contribution in [0.25, 0.3) is 11.1 Å². The number of methoxy groups -OCH3 is 2. The number of carbonyl (C=O) groups excluding carboxylic acids is 1. The van der Waals surface area contributed by atoms with E-state index in [2.05, 4.69) is 5.32 Å². The van der Waals surface area contributed by atoms with Crippen molar-refractivity contribution in [3.05, 3.63) is 66.7 Å². The Labute approximate surface area is 174 Å². The van der Waals surface area contributed by atoms with Crippen molar-refractivity contribution in [1.82, 2.24) is 0 Å². The van der Waals surface area contributed by atoms with Gasteiger partial charge in [-0.15, -0.1) is 0 Å². The Morgan fingerprint density at radius 3 is 2.30 bits per heavy atom. The van der Waals surface area contributed by atoms with Crippen LogP contribution in [0, 0.1) is 0 Å². The number of anilines is 2. The zero-order chi connectivity index (χ0) is 21.3. The Hall–Kier alpha value is -3.52. The summed E-state index contributed by atoms with van der Waals surface area (Å²) in [6.07, 6.45) is 0. The van der Waals surface area contributed by atoms with E-state index in [0.29, 0.717) is 28.4 Å². The Morgan fingerprint density at radius 1 is 0.900 bits per heavy atom. The van der Waals surface area contributed by atoms with E-state index in [4.69, 9.17) is 9.47 Å². The van der Waals surface area contributed by atoms with Crippen molar-refractivity contribution in [1.29, 1.82) is 0 Å². The number of hydrogen-bond donors (Lipinski definition) is 1. The van der Waals surface area contributed by atoms with Gasteiger partial charge in [-0.25, -0.2) is 8.42 Å². The van der Waals surface area contributed by atoms with Crippen LogP contribution in [0.15, 0.2) is 71.6 Å². The third-order valence-corrected chi connectivity index (χ3v) is 6.69. The van der Waals surface area contributed by atoms with E-state index in [9.17, 15) is 13.2 Å². The van der Waals surface area contributed by atoms with Crippen LogP contribution in [0.5, 0.6) is 11.5 Å². The molecule has 8 heteroatoms. The maximum atomic E-state index is 13.2. The molecule has 1 heterocycles. The Morgan fingerprint density at radius 2 is 1.57 bits per heavy atom. The molecule has 7 nitrogen and oxygen atoms in total. The van der Waals surface area contributed by atoms with Gasteiger partial charge in [-0.3, -0.25) is 9.10 Å². The van der Waals surface area contributed by atoms with Gasteiger partial charge in [0.25, 0.3) is 10.0 Å². The fraction of sp³-hybridized carbons (Fsp3) is 0.136. The molecule has 0 aromatic heterocycles. The average molecular weight is 424 g/mol. The molecule has 0 saturated heterocycles. The molecule has 4 rings (SSSR count). The van der Waals surface area contributed by atoms with E-state index in [1.807, 2.05) is 12.1 Å². The number of fused-ring (bicyclic) bond motifs is 3. The summed E-state index contributed by atoms with van der Waals surface area (Å²) < 4.78 is 38.1. The molecule has 0 bridgehead atoms. The van der Waals surface area contributed by atoms with E-state index in [1.54, 1.807) is 54.6 Å². The van der Waals surface area contributed by atoms with Crippen molar-refractivity contribution in [2.75, 3.05) is 30.4 Å². The molecule has 0 saturated carbocycles. The highest BCUT2D eigenvalue weighted by atomic mass is 32.2. The molecule has 0 spiro atoms. The molecular formula is C22H20N2O5S. The number of para-hydroxylation sites is 1. The molecule has 1 aliphatic rings. The number of benzene rings is 3. The standard InChI is InChI=1S/C22H20N2O5S/c1-28-19-12-11-15(13-20(19)29-2)23-22(25)14-24-18-9-5-3-7-16(18)17-8-4-6-10-21(17)30(24,26)27/h3-13H,14H2,1-2H3,(H,23,25). The van der Waals surface area contributed by atoms with Gasteiger partial charge in [-0.1, -0.05) is 36.4 Å². The van der Waals surface area contributed by atoms with Crippen molar-refractivity contribution in [2.45, 2.75) is 4.90 Å². The lowest BCUT2D eigenvalue weighted by Gasteiger charge is -2.31. The minimum atomic E-state index is -3.88. The molecule has 0 unspecified atom stereocenters. The fourth-order valence-corrected chi connectivity index (χ4v) is 5.15. The second-order valence-electron chi connectivity index (χ2n) is 6.64. The van der Waals surface area contributed by atoms with E-state index in [1.165, 1.54) is 14.2 Å². The summed E-state index contributed by atoms with van der Waals surface area (Å²) in [6.45, 7) is -0.359. The van der Waals surface area contributed by atoms with Crippen LogP contribution in [0.1, 0.15) is 0 Å². The number of nitrogens with zero attached hydrogens (tertiary/aromatic N) is 1. The van der Waals surface area contributed by atoms with Crippen LogP contribution in [0.4, 0.5) is 11.4 Å². The average Bonchev–Trinajstić information content (AvgIpc) is 2.76. The number of rotatable bonds is 5. The van der Waals surface area contributed by atoms with Crippen molar-refractivity contribution >= 4 is 27.3 Å². The van der Waals surface area contributed by atoms with Crippen molar-refractivity contribution in [2.24, 2.45) is 0 Å². The summed E-state index contributed by atoms with van der Waals surface area (Å²) in [5, 5.41) is 2.73.